The minimum Gasteiger partial charge on any atom is -0.494 e. The molecule has 0 saturated carbocycles. The normalized spacial score (nSPS) is 17.9. The lowest BCUT2D eigenvalue weighted by Gasteiger charge is -2.42. The third-order valence-corrected chi connectivity index (χ3v) is 6.34. The second-order valence-corrected chi connectivity index (χ2v) is 9.63. The highest BCUT2D eigenvalue weighted by Crippen LogP contribution is 2.46. The second kappa shape index (κ2) is 8.15. The SMILES string of the molecule is CCCCOc1ccc(C=C(C)c2ccc3c(c2)C(C)(C)CCC3(C)C)cc1. The molecule has 0 aliphatic heterocycles. The van der Waals surface area contributed by atoms with Gasteiger partial charge in [-0.15, -0.1) is 0 Å². The first-order valence-corrected chi connectivity index (χ1v) is 10.8. The van der Waals surface area contributed by atoms with Crippen LogP contribution in [-0.2, 0) is 10.8 Å². The topological polar surface area (TPSA) is 9.23 Å². The molecule has 2 aromatic carbocycles. The van der Waals surface area contributed by atoms with E-state index in [9.17, 15) is 0 Å². The fraction of sp³-hybridized carbons (Fsp3) is 0.481. The summed E-state index contributed by atoms with van der Waals surface area (Å²) in [5, 5.41) is 0. The highest BCUT2D eigenvalue weighted by molar-refractivity contribution is 5.80. The first-order chi connectivity index (χ1) is 13.2. The number of hydrogen-bond acceptors (Lipinski definition) is 1. The lowest BCUT2D eigenvalue weighted by Crippen LogP contribution is -2.33. The smallest absolute Gasteiger partial charge is 0.119 e. The number of rotatable bonds is 6. The van der Waals surface area contributed by atoms with Crippen molar-refractivity contribution in [2.45, 2.75) is 78.1 Å². The van der Waals surface area contributed by atoms with E-state index in [0.717, 1.165) is 25.2 Å². The molecule has 1 heteroatoms. The molecular formula is C27H36O. The van der Waals surface area contributed by atoms with E-state index in [1.54, 1.807) is 0 Å². The van der Waals surface area contributed by atoms with E-state index in [-0.39, 0.29) is 10.8 Å². The molecule has 1 nitrogen and oxygen atoms in total. The lowest BCUT2D eigenvalue weighted by molar-refractivity contribution is 0.309. The predicted octanol–water partition coefficient (Wildman–Crippen LogP) is 7.78. The highest BCUT2D eigenvalue weighted by Gasteiger charge is 2.36. The molecule has 0 spiro atoms. The zero-order valence-electron chi connectivity index (χ0n) is 18.6. The quantitative estimate of drug-likeness (QED) is 0.369. The Bertz CT molecular complexity index is 837. The number of fused-ring (bicyclic) bond motifs is 1. The van der Waals surface area contributed by atoms with Crippen molar-refractivity contribution in [3.8, 4) is 5.75 Å². The Hall–Kier alpha value is -2.02. The molecule has 150 valence electrons. The summed E-state index contributed by atoms with van der Waals surface area (Å²) in [6.45, 7) is 14.7. The molecule has 28 heavy (non-hydrogen) atoms. The van der Waals surface area contributed by atoms with Crippen LogP contribution in [0.25, 0.3) is 11.6 Å². The summed E-state index contributed by atoms with van der Waals surface area (Å²) in [6, 6.07) is 15.6. The predicted molar refractivity (Wildman–Crippen MR) is 122 cm³/mol. The summed E-state index contributed by atoms with van der Waals surface area (Å²) in [6.07, 6.45) is 7.05. The van der Waals surface area contributed by atoms with Crippen LogP contribution in [-0.4, -0.2) is 6.61 Å². The molecule has 2 aromatic rings. The van der Waals surface area contributed by atoms with Gasteiger partial charge in [-0.3, -0.25) is 0 Å². The van der Waals surface area contributed by atoms with Crippen molar-refractivity contribution < 1.29 is 4.74 Å². The first-order valence-electron chi connectivity index (χ1n) is 10.8. The number of hydrogen-bond donors (Lipinski definition) is 0. The van der Waals surface area contributed by atoms with Gasteiger partial charge in [0, 0.05) is 0 Å². The van der Waals surface area contributed by atoms with Crippen molar-refractivity contribution in [1.82, 2.24) is 0 Å². The van der Waals surface area contributed by atoms with Crippen molar-refractivity contribution in [2.24, 2.45) is 0 Å². The number of ether oxygens (including phenoxy) is 1. The van der Waals surface area contributed by atoms with E-state index in [2.05, 4.69) is 90.1 Å². The van der Waals surface area contributed by atoms with Crippen LogP contribution in [0.2, 0.25) is 0 Å². The van der Waals surface area contributed by atoms with Gasteiger partial charge in [0.15, 0.2) is 0 Å². The molecule has 0 saturated heterocycles. The minimum absolute atomic E-state index is 0.249. The van der Waals surface area contributed by atoms with Crippen molar-refractivity contribution in [3.05, 3.63) is 64.7 Å². The molecule has 0 heterocycles. The van der Waals surface area contributed by atoms with Crippen LogP contribution in [0.1, 0.15) is 89.5 Å². The summed E-state index contributed by atoms with van der Waals surface area (Å²) >= 11 is 0. The molecule has 0 atom stereocenters. The Morgan fingerprint density at radius 2 is 1.57 bits per heavy atom. The molecule has 0 amide bonds. The molecule has 3 rings (SSSR count). The molecule has 0 radical (unpaired) electrons. The zero-order chi connectivity index (χ0) is 20.4. The Balaban J connectivity index is 1.84. The van der Waals surface area contributed by atoms with Gasteiger partial charge in [-0.2, -0.15) is 0 Å². The number of unbranched alkanes of at least 4 members (excludes halogenated alkanes) is 1. The van der Waals surface area contributed by atoms with E-state index >= 15 is 0 Å². The van der Waals surface area contributed by atoms with Crippen LogP contribution in [0, 0.1) is 0 Å². The highest BCUT2D eigenvalue weighted by atomic mass is 16.5. The van der Waals surface area contributed by atoms with Crippen molar-refractivity contribution in [1.29, 1.82) is 0 Å². The van der Waals surface area contributed by atoms with E-state index in [0.29, 0.717) is 0 Å². The second-order valence-electron chi connectivity index (χ2n) is 9.63. The van der Waals surface area contributed by atoms with Crippen LogP contribution < -0.4 is 4.74 Å². The first kappa shape index (κ1) is 20.7. The maximum absolute atomic E-state index is 5.77. The Morgan fingerprint density at radius 3 is 2.21 bits per heavy atom. The Labute approximate surface area is 171 Å². The Kier molecular flexibility index (Phi) is 6.03. The zero-order valence-corrected chi connectivity index (χ0v) is 18.6. The van der Waals surface area contributed by atoms with Gasteiger partial charge in [-0.05, 0) is 77.0 Å². The molecule has 0 aromatic heterocycles. The van der Waals surface area contributed by atoms with Crippen LogP contribution in [0.4, 0.5) is 0 Å². The fourth-order valence-corrected chi connectivity index (χ4v) is 4.16. The molecule has 1 aliphatic carbocycles. The lowest BCUT2D eigenvalue weighted by atomic mass is 9.63. The van der Waals surface area contributed by atoms with Gasteiger partial charge >= 0.3 is 0 Å². The van der Waals surface area contributed by atoms with Gasteiger partial charge in [-0.25, -0.2) is 0 Å². The van der Waals surface area contributed by atoms with Crippen LogP contribution in [0.15, 0.2) is 42.5 Å². The van der Waals surface area contributed by atoms with Crippen molar-refractivity contribution in [3.63, 3.8) is 0 Å². The van der Waals surface area contributed by atoms with Gasteiger partial charge in [0.25, 0.3) is 0 Å². The standard InChI is InChI=1S/C27H36O/c1-7-8-17-28-23-12-9-21(10-13-23)18-20(2)22-11-14-24-25(19-22)27(5,6)16-15-26(24,3)4/h9-14,18-19H,7-8,15-17H2,1-6H3. The molecule has 1 aliphatic rings. The molecule has 0 fully saturated rings. The maximum atomic E-state index is 5.77. The monoisotopic (exact) mass is 376 g/mol. The average Bonchev–Trinajstić information content (AvgIpc) is 2.67. The largest absolute Gasteiger partial charge is 0.494 e. The van der Waals surface area contributed by atoms with Crippen LogP contribution >= 0.6 is 0 Å². The summed E-state index contributed by atoms with van der Waals surface area (Å²) in [5.74, 6) is 0.959. The summed E-state index contributed by atoms with van der Waals surface area (Å²) in [5.41, 5.74) is 7.42. The molecular weight excluding hydrogens is 340 g/mol. The van der Waals surface area contributed by atoms with Gasteiger partial charge in [-0.1, -0.05) is 77.4 Å². The molecule has 0 unspecified atom stereocenters. The van der Waals surface area contributed by atoms with Crippen molar-refractivity contribution in [2.75, 3.05) is 6.61 Å². The third-order valence-electron chi connectivity index (χ3n) is 6.34. The maximum Gasteiger partial charge on any atom is 0.119 e. The van der Waals surface area contributed by atoms with E-state index in [1.807, 2.05) is 0 Å². The van der Waals surface area contributed by atoms with Gasteiger partial charge in [0.2, 0.25) is 0 Å². The molecule has 0 bridgehead atoms. The van der Waals surface area contributed by atoms with E-state index in [4.69, 9.17) is 4.74 Å². The minimum atomic E-state index is 0.249. The van der Waals surface area contributed by atoms with Crippen LogP contribution in [0.5, 0.6) is 5.75 Å². The third kappa shape index (κ3) is 4.51. The Morgan fingerprint density at radius 1 is 0.929 bits per heavy atom. The van der Waals surface area contributed by atoms with Crippen molar-refractivity contribution >= 4 is 11.6 Å². The van der Waals surface area contributed by atoms with Gasteiger partial charge in [0.1, 0.15) is 5.75 Å². The van der Waals surface area contributed by atoms with Gasteiger partial charge < -0.3 is 4.74 Å². The van der Waals surface area contributed by atoms with E-state index in [1.165, 1.54) is 40.7 Å². The van der Waals surface area contributed by atoms with Crippen LogP contribution in [0.3, 0.4) is 0 Å². The molecule has 0 N–H and O–H groups in total. The number of allylic oxidation sites excluding steroid dienone is 1. The summed E-state index contributed by atoms with van der Waals surface area (Å²) < 4.78 is 5.77. The van der Waals surface area contributed by atoms with E-state index < -0.39 is 0 Å². The summed E-state index contributed by atoms with van der Waals surface area (Å²) in [7, 11) is 0. The number of benzene rings is 2. The fourth-order valence-electron chi connectivity index (χ4n) is 4.16. The summed E-state index contributed by atoms with van der Waals surface area (Å²) in [4.78, 5) is 0. The van der Waals surface area contributed by atoms with Gasteiger partial charge in [0.05, 0.1) is 6.61 Å². The average molecular weight is 377 g/mol.